The summed E-state index contributed by atoms with van der Waals surface area (Å²) in [6.07, 6.45) is 1.33. The number of ether oxygens (including phenoxy) is 1. The third kappa shape index (κ3) is 4.94. The Labute approximate surface area is 112 Å². The Hall–Kier alpha value is -1.26. The van der Waals surface area contributed by atoms with Gasteiger partial charge < -0.3 is 15.2 Å². The second-order valence-electron chi connectivity index (χ2n) is 3.90. The number of carbonyl (C=O) groups is 1. The quantitative estimate of drug-likeness (QED) is 0.797. The van der Waals surface area contributed by atoms with E-state index in [-0.39, 0.29) is 25.2 Å². The van der Waals surface area contributed by atoms with Gasteiger partial charge in [-0.1, -0.05) is 30.7 Å². The zero-order valence-corrected chi connectivity index (χ0v) is 11.1. The Morgan fingerprint density at radius 1 is 1.50 bits per heavy atom. The Bertz CT molecular complexity index is 384. The third-order valence-corrected chi connectivity index (χ3v) is 2.84. The van der Waals surface area contributed by atoms with E-state index in [4.69, 9.17) is 21.4 Å². The maximum absolute atomic E-state index is 11.6. The number of aliphatic hydroxyl groups excluding tert-OH is 1. The maximum atomic E-state index is 11.6. The number of halogens is 1. The van der Waals surface area contributed by atoms with Gasteiger partial charge in [0.15, 0.2) is 6.61 Å². The van der Waals surface area contributed by atoms with Crippen molar-refractivity contribution in [1.82, 2.24) is 5.32 Å². The number of aliphatic hydroxyl groups is 1. The zero-order valence-electron chi connectivity index (χ0n) is 10.4. The molecule has 100 valence electrons. The van der Waals surface area contributed by atoms with Crippen LogP contribution >= 0.6 is 11.6 Å². The summed E-state index contributed by atoms with van der Waals surface area (Å²) >= 11 is 5.90. The van der Waals surface area contributed by atoms with Crippen molar-refractivity contribution < 1.29 is 14.6 Å². The summed E-state index contributed by atoms with van der Waals surface area (Å²) in [6, 6.07) is 6.98. The standard InChI is InChI=1S/C13H18ClNO3/c1-2-10(7-8-16)15-13(17)9-18-12-6-4-3-5-11(12)14/h3-6,10,16H,2,7-9H2,1H3,(H,15,17). The molecule has 0 bridgehead atoms. The van der Waals surface area contributed by atoms with Crippen molar-refractivity contribution in [2.75, 3.05) is 13.2 Å². The topological polar surface area (TPSA) is 58.6 Å². The van der Waals surface area contributed by atoms with Crippen LogP contribution in [-0.4, -0.2) is 30.3 Å². The first-order valence-electron chi connectivity index (χ1n) is 5.95. The molecular formula is C13H18ClNO3. The molecule has 0 radical (unpaired) electrons. The van der Waals surface area contributed by atoms with Crippen molar-refractivity contribution in [3.63, 3.8) is 0 Å². The molecule has 1 aromatic rings. The summed E-state index contributed by atoms with van der Waals surface area (Å²) < 4.78 is 5.32. The average Bonchev–Trinajstić information content (AvgIpc) is 2.37. The van der Waals surface area contributed by atoms with Crippen LogP contribution in [-0.2, 0) is 4.79 Å². The molecule has 4 nitrogen and oxygen atoms in total. The minimum Gasteiger partial charge on any atom is -0.482 e. The SMILES string of the molecule is CCC(CCO)NC(=O)COc1ccccc1Cl. The lowest BCUT2D eigenvalue weighted by Gasteiger charge is -2.16. The van der Waals surface area contributed by atoms with Crippen molar-refractivity contribution in [2.45, 2.75) is 25.8 Å². The average molecular weight is 272 g/mol. The molecule has 1 unspecified atom stereocenters. The Balaban J connectivity index is 2.39. The van der Waals surface area contributed by atoms with Gasteiger partial charge in [0.1, 0.15) is 5.75 Å². The van der Waals surface area contributed by atoms with Gasteiger partial charge >= 0.3 is 0 Å². The predicted octanol–water partition coefficient (Wildman–Crippen LogP) is 2.00. The molecule has 1 atom stereocenters. The third-order valence-electron chi connectivity index (χ3n) is 2.53. The summed E-state index contributed by atoms with van der Waals surface area (Å²) in [7, 11) is 0. The van der Waals surface area contributed by atoms with Crippen LogP contribution < -0.4 is 10.1 Å². The highest BCUT2D eigenvalue weighted by molar-refractivity contribution is 6.32. The van der Waals surface area contributed by atoms with Crippen LogP contribution in [0.4, 0.5) is 0 Å². The van der Waals surface area contributed by atoms with E-state index in [2.05, 4.69) is 5.32 Å². The lowest BCUT2D eigenvalue weighted by atomic mass is 10.1. The lowest BCUT2D eigenvalue weighted by Crippen LogP contribution is -2.38. The number of nitrogens with one attached hydrogen (secondary N) is 1. The molecule has 5 heteroatoms. The largest absolute Gasteiger partial charge is 0.482 e. The van der Waals surface area contributed by atoms with E-state index < -0.39 is 0 Å². The fraction of sp³-hybridized carbons (Fsp3) is 0.462. The van der Waals surface area contributed by atoms with Gasteiger partial charge in [-0.15, -0.1) is 0 Å². The van der Waals surface area contributed by atoms with Crippen LogP contribution in [0.25, 0.3) is 0 Å². The van der Waals surface area contributed by atoms with Crippen LogP contribution in [0.2, 0.25) is 5.02 Å². The number of amides is 1. The first-order chi connectivity index (χ1) is 8.67. The highest BCUT2D eigenvalue weighted by Gasteiger charge is 2.10. The van der Waals surface area contributed by atoms with Crippen LogP contribution in [0.5, 0.6) is 5.75 Å². The molecule has 0 fully saturated rings. The van der Waals surface area contributed by atoms with Gasteiger partial charge in [0.2, 0.25) is 0 Å². The number of benzene rings is 1. The summed E-state index contributed by atoms with van der Waals surface area (Å²) in [5.74, 6) is 0.278. The van der Waals surface area contributed by atoms with Gasteiger partial charge in [0.05, 0.1) is 5.02 Å². The molecule has 0 aliphatic rings. The monoisotopic (exact) mass is 271 g/mol. The second kappa shape index (κ2) is 7.95. The summed E-state index contributed by atoms with van der Waals surface area (Å²) in [5.41, 5.74) is 0. The van der Waals surface area contributed by atoms with Gasteiger partial charge in [-0.3, -0.25) is 4.79 Å². The number of carbonyl (C=O) groups excluding carboxylic acids is 1. The fourth-order valence-corrected chi connectivity index (χ4v) is 1.70. The van der Waals surface area contributed by atoms with Gasteiger partial charge in [-0.25, -0.2) is 0 Å². The molecule has 1 rings (SSSR count). The van der Waals surface area contributed by atoms with Crippen molar-refractivity contribution in [2.24, 2.45) is 0 Å². The van der Waals surface area contributed by atoms with E-state index >= 15 is 0 Å². The van der Waals surface area contributed by atoms with Crippen LogP contribution in [0.3, 0.4) is 0 Å². The molecule has 0 aliphatic carbocycles. The van der Waals surface area contributed by atoms with E-state index in [0.717, 1.165) is 6.42 Å². The molecule has 0 aromatic heterocycles. The number of hydrogen-bond donors (Lipinski definition) is 2. The Morgan fingerprint density at radius 3 is 2.83 bits per heavy atom. The van der Waals surface area contributed by atoms with Gasteiger partial charge in [-0.2, -0.15) is 0 Å². The first-order valence-corrected chi connectivity index (χ1v) is 6.32. The molecule has 18 heavy (non-hydrogen) atoms. The van der Waals surface area contributed by atoms with Gasteiger partial charge in [0.25, 0.3) is 5.91 Å². The van der Waals surface area contributed by atoms with Crippen LogP contribution in [0.1, 0.15) is 19.8 Å². The fourth-order valence-electron chi connectivity index (χ4n) is 1.51. The molecular weight excluding hydrogens is 254 g/mol. The molecule has 0 saturated carbocycles. The maximum Gasteiger partial charge on any atom is 0.258 e. The Kier molecular flexibility index (Phi) is 6.54. The van der Waals surface area contributed by atoms with Gasteiger partial charge in [0, 0.05) is 12.6 Å². The summed E-state index contributed by atoms with van der Waals surface area (Å²) in [6.45, 7) is 1.94. The van der Waals surface area contributed by atoms with E-state index in [1.165, 1.54) is 0 Å². The summed E-state index contributed by atoms with van der Waals surface area (Å²) in [5, 5.41) is 12.1. The highest BCUT2D eigenvalue weighted by Crippen LogP contribution is 2.22. The summed E-state index contributed by atoms with van der Waals surface area (Å²) in [4.78, 5) is 11.6. The van der Waals surface area contributed by atoms with Crippen molar-refractivity contribution in [3.8, 4) is 5.75 Å². The van der Waals surface area contributed by atoms with E-state index in [9.17, 15) is 4.79 Å². The zero-order chi connectivity index (χ0) is 13.4. The number of para-hydroxylation sites is 1. The highest BCUT2D eigenvalue weighted by atomic mass is 35.5. The normalized spacial score (nSPS) is 11.9. The van der Waals surface area contributed by atoms with E-state index in [0.29, 0.717) is 17.2 Å². The van der Waals surface area contributed by atoms with Gasteiger partial charge in [-0.05, 0) is 25.0 Å². The minimum atomic E-state index is -0.213. The number of rotatable bonds is 7. The molecule has 0 saturated heterocycles. The van der Waals surface area contributed by atoms with Crippen LogP contribution in [0.15, 0.2) is 24.3 Å². The second-order valence-corrected chi connectivity index (χ2v) is 4.31. The molecule has 1 amide bonds. The Morgan fingerprint density at radius 2 is 2.22 bits per heavy atom. The smallest absolute Gasteiger partial charge is 0.258 e. The predicted molar refractivity (Wildman–Crippen MR) is 70.9 cm³/mol. The molecule has 0 heterocycles. The van der Waals surface area contributed by atoms with Crippen molar-refractivity contribution in [3.05, 3.63) is 29.3 Å². The van der Waals surface area contributed by atoms with Crippen molar-refractivity contribution in [1.29, 1.82) is 0 Å². The molecule has 1 aromatic carbocycles. The van der Waals surface area contributed by atoms with Crippen LogP contribution in [0, 0.1) is 0 Å². The molecule has 0 aliphatic heterocycles. The molecule has 2 N–H and O–H groups in total. The molecule has 0 spiro atoms. The van der Waals surface area contributed by atoms with Crippen molar-refractivity contribution >= 4 is 17.5 Å². The van der Waals surface area contributed by atoms with E-state index in [1.54, 1.807) is 24.3 Å². The minimum absolute atomic E-state index is 0.0163. The first kappa shape index (κ1) is 14.8. The number of hydrogen-bond acceptors (Lipinski definition) is 3. The lowest BCUT2D eigenvalue weighted by molar-refractivity contribution is -0.123. The van der Waals surface area contributed by atoms with E-state index in [1.807, 2.05) is 6.92 Å².